The third kappa shape index (κ3) is 3.74. The van der Waals surface area contributed by atoms with Gasteiger partial charge in [0.15, 0.2) is 0 Å². The Hall–Kier alpha value is -2.44. The van der Waals surface area contributed by atoms with Crippen LogP contribution in [0.2, 0.25) is 0 Å². The summed E-state index contributed by atoms with van der Waals surface area (Å²) in [6.45, 7) is 1.43. The van der Waals surface area contributed by atoms with Crippen LogP contribution in [0, 0.1) is 17.0 Å². The fourth-order valence-electron chi connectivity index (χ4n) is 0.980. The Morgan fingerprint density at radius 2 is 2.00 bits per heavy atom. The molecule has 1 aromatic rings. The second-order valence-corrected chi connectivity index (χ2v) is 2.69. The summed E-state index contributed by atoms with van der Waals surface area (Å²) in [5, 5.41) is 25.9. The highest BCUT2D eigenvalue weighted by Gasteiger charge is 2.18. The maximum Gasteiger partial charge on any atom is 0.342 e. The zero-order chi connectivity index (χ0) is 12.7. The summed E-state index contributed by atoms with van der Waals surface area (Å²) in [5.74, 6) is -1.28. The third-order valence-electron chi connectivity index (χ3n) is 1.58. The monoisotopic (exact) mass is 227 g/mol. The highest BCUT2D eigenvalue weighted by atomic mass is 16.6. The standard InChI is InChI=1S/C8H7NO4.CH2O2/c1-5-2-3-7(9(12)13)6(4-5)8(10)11;2-1-3/h2-4H,1H3,(H,10,11);1H,(H,2,3). The largest absolute Gasteiger partial charge is 0.483 e. The lowest BCUT2D eigenvalue weighted by atomic mass is 10.1. The molecule has 7 nitrogen and oxygen atoms in total. The van der Waals surface area contributed by atoms with Gasteiger partial charge in [0.05, 0.1) is 4.92 Å². The maximum absolute atomic E-state index is 10.6. The summed E-state index contributed by atoms with van der Waals surface area (Å²) in [6, 6.07) is 3.98. The molecule has 16 heavy (non-hydrogen) atoms. The summed E-state index contributed by atoms with van der Waals surface area (Å²) >= 11 is 0. The van der Waals surface area contributed by atoms with E-state index in [1.54, 1.807) is 6.92 Å². The highest BCUT2D eigenvalue weighted by molar-refractivity contribution is 5.92. The van der Waals surface area contributed by atoms with Crippen molar-refractivity contribution in [3.8, 4) is 0 Å². The predicted octanol–water partition coefficient (Wildman–Crippen LogP) is 1.30. The van der Waals surface area contributed by atoms with E-state index in [0.717, 1.165) is 0 Å². The van der Waals surface area contributed by atoms with Gasteiger partial charge in [-0.05, 0) is 18.6 Å². The number of aromatic carboxylic acids is 1. The minimum absolute atomic E-state index is 0.250. The minimum atomic E-state index is -1.28. The molecule has 0 spiro atoms. The quantitative estimate of drug-likeness (QED) is 0.446. The van der Waals surface area contributed by atoms with Crippen molar-refractivity contribution in [1.82, 2.24) is 0 Å². The first-order chi connectivity index (χ1) is 7.43. The lowest BCUT2D eigenvalue weighted by molar-refractivity contribution is -0.385. The predicted molar refractivity (Wildman–Crippen MR) is 53.5 cm³/mol. The lowest BCUT2D eigenvalue weighted by Crippen LogP contribution is -2.02. The van der Waals surface area contributed by atoms with Gasteiger partial charge in [0.2, 0.25) is 0 Å². The molecule has 0 fully saturated rings. The average Bonchev–Trinajstić information content (AvgIpc) is 2.18. The topological polar surface area (TPSA) is 118 Å². The molecule has 1 aromatic carbocycles. The van der Waals surface area contributed by atoms with Crippen LogP contribution in [-0.4, -0.2) is 27.6 Å². The molecule has 0 saturated heterocycles. The van der Waals surface area contributed by atoms with Gasteiger partial charge >= 0.3 is 5.97 Å². The van der Waals surface area contributed by atoms with E-state index in [2.05, 4.69) is 0 Å². The molecular weight excluding hydrogens is 218 g/mol. The van der Waals surface area contributed by atoms with Crippen LogP contribution >= 0.6 is 0 Å². The van der Waals surface area contributed by atoms with Crippen LogP contribution in [0.15, 0.2) is 18.2 Å². The van der Waals surface area contributed by atoms with Crippen LogP contribution in [0.4, 0.5) is 5.69 Å². The summed E-state index contributed by atoms with van der Waals surface area (Å²) < 4.78 is 0. The van der Waals surface area contributed by atoms with Crippen molar-refractivity contribution < 1.29 is 24.7 Å². The lowest BCUT2D eigenvalue weighted by Gasteiger charge is -1.98. The molecule has 0 aliphatic heterocycles. The Labute approximate surface area is 90.1 Å². The molecule has 86 valence electrons. The smallest absolute Gasteiger partial charge is 0.342 e. The number of benzene rings is 1. The van der Waals surface area contributed by atoms with Crippen LogP contribution in [0.25, 0.3) is 0 Å². The summed E-state index contributed by atoms with van der Waals surface area (Å²) in [7, 11) is 0. The van der Waals surface area contributed by atoms with Gasteiger partial charge in [-0.2, -0.15) is 0 Å². The number of carboxylic acids is 1. The zero-order valence-electron chi connectivity index (χ0n) is 8.28. The van der Waals surface area contributed by atoms with Gasteiger partial charge in [0, 0.05) is 6.07 Å². The molecular formula is C9H9NO6. The first-order valence-electron chi connectivity index (χ1n) is 4.00. The molecule has 0 aliphatic rings. The van der Waals surface area contributed by atoms with Crippen molar-refractivity contribution in [2.45, 2.75) is 6.92 Å². The number of carboxylic acid groups (broad SMARTS) is 2. The summed E-state index contributed by atoms with van der Waals surface area (Å²) in [6.07, 6.45) is 0. The van der Waals surface area contributed by atoms with Crippen molar-refractivity contribution in [2.24, 2.45) is 0 Å². The minimum Gasteiger partial charge on any atom is -0.483 e. The first kappa shape index (κ1) is 13.6. The number of nitrogens with zero attached hydrogens (tertiary/aromatic N) is 1. The second kappa shape index (κ2) is 6.12. The van der Waals surface area contributed by atoms with Crippen LogP contribution in [0.3, 0.4) is 0 Å². The van der Waals surface area contributed by atoms with Crippen molar-refractivity contribution in [3.63, 3.8) is 0 Å². The Bertz CT molecular complexity index is 414. The number of nitro benzene ring substituents is 1. The molecule has 2 N–H and O–H groups in total. The van der Waals surface area contributed by atoms with E-state index in [1.807, 2.05) is 0 Å². The molecule has 0 atom stereocenters. The molecule has 0 heterocycles. The highest BCUT2D eigenvalue weighted by Crippen LogP contribution is 2.19. The van der Waals surface area contributed by atoms with Crippen LogP contribution in [0.5, 0.6) is 0 Å². The van der Waals surface area contributed by atoms with Gasteiger partial charge in [-0.3, -0.25) is 14.9 Å². The van der Waals surface area contributed by atoms with Gasteiger partial charge in [0.1, 0.15) is 5.56 Å². The normalized spacial score (nSPS) is 8.56. The molecule has 0 amide bonds. The third-order valence-corrected chi connectivity index (χ3v) is 1.58. The number of rotatable bonds is 2. The van der Waals surface area contributed by atoms with E-state index >= 15 is 0 Å². The Morgan fingerprint density at radius 1 is 1.50 bits per heavy atom. The van der Waals surface area contributed by atoms with E-state index in [0.29, 0.717) is 5.56 Å². The van der Waals surface area contributed by atoms with Crippen molar-refractivity contribution in [3.05, 3.63) is 39.4 Å². The maximum atomic E-state index is 10.6. The molecule has 0 aromatic heterocycles. The fourth-order valence-corrected chi connectivity index (χ4v) is 0.980. The molecule has 0 unspecified atom stereocenters. The summed E-state index contributed by atoms with van der Waals surface area (Å²) in [4.78, 5) is 28.6. The van der Waals surface area contributed by atoms with Gasteiger partial charge in [-0.25, -0.2) is 4.79 Å². The molecule has 0 aliphatic carbocycles. The van der Waals surface area contributed by atoms with Gasteiger partial charge in [-0.1, -0.05) is 6.07 Å². The van der Waals surface area contributed by atoms with Crippen LogP contribution in [0.1, 0.15) is 15.9 Å². The number of carbonyl (C=O) groups is 2. The van der Waals surface area contributed by atoms with Crippen molar-refractivity contribution >= 4 is 18.1 Å². The Kier molecular flexibility index (Phi) is 5.19. The molecule has 1 rings (SSSR count). The fraction of sp³-hybridized carbons (Fsp3) is 0.111. The average molecular weight is 227 g/mol. The van der Waals surface area contributed by atoms with Crippen molar-refractivity contribution in [2.75, 3.05) is 0 Å². The molecule has 0 bridgehead atoms. The Balaban J connectivity index is 0.000000673. The van der Waals surface area contributed by atoms with E-state index in [9.17, 15) is 14.9 Å². The van der Waals surface area contributed by atoms with Gasteiger partial charge < -0.3 is 10.2 Å². The number of nitro groups is 1. The van der Waals surface area contributed by atoms with E-state index in [1.165, 1.54) is 18.2 Å². The number of hydrogen-bond acceptors (Lipinski definition) is 4. The number of hydrogen-bond donors (Lipinski definition) is 2. The first-order valence-corrected chi connectivity index (χ1v) is 4.00. The van der Waals surface area contributed by atoms with Crippen molar-refractivity contribution in [1.29, 1.82) is 0 Å². The molecule has 7 heteroatoms. The molecule has 0 radical (unpaired) electrons. The van der Waals surface area contributed by atoms with E-state index < -0.39 is 10.9 Å². The summed E-state index contributed by atoms with van der Waals surface area (Å²) in [5.41, 5.74) is 0.0334. The van der Waals surface area contributed by atoms with Crippen LogP contribution < -0.4 is 0 Å². The van der Waals surface area contributed by atoms with Gasteiger partial charge in [0.25, 0.3) is 12.2 Å². The van der Waals surface area contributed by atoms with E-state index in [-0.39, 0.29) is 17.7 Å². The Morgan fingerprint density at radius 3 is 2.38 bits per heavy atom. The van der Waals surface area contributed by atoms with Gasteiger partial charge in [-0.15, -0.1) is 0 Å². The number of aryl methyl sites for hydroxylation is 1. The second-order valence-electron chi connectivity index (χ2n) is 2.69. The molecule has 0 saturated carbocycles. The zero-order valence-corrected chi connectivity index (χ0v) is 8.28. The SMILES string of the molecule is Cc1ccc([N+](=O)[O-])c(C(=O)O)c1.O=CO. The van der Waals surface area contributed by atoms with E-state index in [4.69, 9.17) is 15.0 Å². The van der Waals surface area contributed by atoms with Crippen LogP contribution in [-0.2, 0) is 4.79 Å².